The topological polar surface area (TPSA) is 114 Å². The molecule has 4 atom stereocenters. The molecule has 2 aromatic rings. The maximum Gasteiger partial charge on any atom is 0.407 e. The molecule has 0 radical (unpaired) electrons. The standard InChI is InChI=1S/C27H28N2O6/c30-24(31)23(15-9-10-15)35-29-25(32)27-12-16(27)11-17(13-27)28-26(33)34-14-22-20-7-3-1-5-18(20)19-6-2-4-8-21(19)22/h1-8,15-17,22-23H,9-14H2,(H,28,33)(H,29,32)(H,30,31). The van der Waals surface area contributed by atoms with Gasteiger partial charge in [-0.05, 0) is 66.2 Å². The number of rotatable bonds is 8. The normalized spacial score (nSPS) is 26.7. The molecule has 2 amide bonds. The van der Waals surface area contributed by atoms with E-state index in [4.69, 9.17) is 9.57 Å². The molecule has 0 bridgehead atoms. The molecule has 35 heavy (non-hydrogen) atoms. The number of hydrogen-bond donors (Lipinski definition) is 3. The molecule has 0 saturated heterocycles. The highest BCUT2D eigenvalue weighted by Gasteiger charge is 2.65. The summed E-state index contributed by atoms with van der Waals surface area (Å²) in [6, 6.07) is 16.2. The zero-order chi connectivity index (χ0) is 24.2. The van der Waals surface area contributed by atoms with E-state index in [2.05, 4.69) is 35.1 Å². The Balaban J connectivity index is 1.02. The fourth-order valence-electron chi connectivity index (χ4n) is 6.06. The lowest BCUT2D eigenvalue weighted by atomic mass is 9.98. The molecule has 0 heterocycles. The Bertz CT molecular complexity index is 1150. The molecule has 4 unspecified atom stereocenters. The molecule has 182 valence electrons. The monoisotopic (exact) mass is 476 g/mol. The molecular weight excluding hydrogens is 448 g/mol. The Morgan fingerprint density at radius 2 is 1.66 bits per heavy atom. The van der Waals surface area contributed by atoms with Gasteiger partial charge in [0.1, 0.15) is 6.61 Å². The largest absolute Gasteiger partial charge is 0.479 e. The number of amides is 2. The molecule has 3 saturated carbocycles. The average Bonchev–Trinajstić information content (AvgIpc) is 3.75. The fourth-order valence-corrected chi connectivity index (χ4v) is 6.06. The van der Waals surface area contributed by atoms with Crippen LogP contribution in [0.5, 0.6) is 0 Å². The Morgan fingerprint density at radius 1 is 1.00 bits per heavy atom. The van der Waals surface area contributed by atoms with E-state index in [1.807, 2.05) is 24.3 Å². The second-order valence-electron chi connectivity index (χ2n) is 10.3. The number of carbonyl (C=O) groups excluding carboxylic acids is 2. The van der Waals surface area contributed by atoms with Crippen LogP contribution < -0.4 is 10.8 Å². The lowest BCUT2D eigenvalue weighted by molar-refractivity contribution is -0.164. The Labute approximate surface area is 202 Å². The number of carboxylic acids is 1. The van der Waals surface area contributed by atoms with E-state index >= 15 is 0 Å². The van der Waals surface area contributed by atoms with Crippen molar-refractivity contribution in [3.63, 3.8) is 0 Å². The van der Waals surface area contributed by atoms with Gasteiger partial charge in [0, 0.05) is 12.0 Å². The van der Waals surface area contributed by atoms with E-state index in [1.165, 1.54) is 11.1 Å². The fraction of sp³-hybridized carbons (Fsp3) is 0.444. The summed E-state index contributed by atoms with van der Waals surface area (Å²) < 4.78 is 5.64. The first-order chi connectivity index (χ1) is 17.0. The van der Waals surface area contributed by atoms with Gasteiger partial charge in [-0.1, -0.05) is 48.5 Å². The number of hydrogen-bond acceptors (Lipinski definition) is 5. The van der Waals surface area contributed by atoms with E-state index in [1.54, 1.807) is 0 Å². The van der Waals surface area contributed by atoms with Gasteiger partial charge < -0.3 is 15.2 Å². The summed E-state index contributed by atoms with van der Waals surface area (Å²) >= 11 is 0. The number of benzene rings is 2. The summed E-state index contributed by atoms with van der Waals surface area (Å²) in [4.78, 5) is 42.0. The second-order valence-corrected chi connectivity index (χ2v) is 10.3. The highest BCUT2D eigenvalue weighted by Crippen LogP contribution is 2.63. The molecule has 8 nitrogen and oxygen atoms in total. The summed E-state index contributed by atoms with van der Waals surface area (Å²) in [5, 5.41) is 12.2. The van der Waals surface area contributed by atoms with Gasteiger partial charge in [-0.25, -0.2) is 15.1 Å². The van der Waals surface area contributed by atoms with Crippen LogP contribution in [-0.2, 0) is 19.2 Å². The maximum atomic E-state index is 12.8. The van der Waals surface area contributed by atoms with Crippen LogP contribution in [0.1, 0.15) is 49.1 Å². The predicted molar refractivity (Wildman–Crippen MR) is 125 cm³/mol. The van der Waals surface area contributed by atoms with Crippen molar-refractivity contribution in [3.05, 3.63) is 59.7 Å². The number of aliphatic carboxylic acids is 1. The molecule has 4 aliphatic carbocycles. The molecule has 4 aliphatic rings. The minimum atomic E-state index is -1.06. The van der Waals surface area contributed by atoms with Gasteiger partial charge in [0.05, 0.1) is 5.41 Å². The number of carbonyl (C=O) groups is 3. The molecule has 8 heteroatoms. The first-order valence-electron chi connectivity index (χ1n) is 12.3. The van der Waals surface area contributed by atoms with Crippen LogP contribution in [0.25, 0.3) is 11.1 Å². The van der Waals surface area contributed by atoms with Crippen LogP contribution in [0, 0.1) is 17.3 Å². The molecule has 0 aliphatic heterocycles. The van der Waals surface area contributed by atoms with Gasteiger partial charge >= 0.3 is 12.1 Å². The van der Waals surface area contributed by atoms with Crippen LogP contribution in [-0.4, -0.2) is 41.8 Å². The minimum absolute atomic E-state index is 0.00644. The van der Waals surface area contributed by atoms with Crippen molar-refractivity contribution >= 4 is 18.0 Å². The van der Waals surface area contributed by atoms with Gasteiger partial charge in [-0.15, -0.1) is 0 Å². The first-order valence-corrected chi connectivity index (χ1v) is 12.3. The second kappa shape index (κ2) is 8.37. The number of carboxylic acid groups (broad SMARTS) is 1. The molecule has 3 N–H and O–H groups in total. The number of nitrogens with one attached hydrogen (secondary N) is 2. The van der Waals surface area contributed by atoms with E-state index in [9.17, 15) is 19.5 Å². The number of hydroxylamine groups is 1. The third kappa shape index (κ3) is 3.95. The van der Waals surface area contributed by atoms with Gasteiger partial charge in [0.25, 0.3) is 0 Å². The summed E-state index contributed by atoms with van der Waals surface area (Å²) in [6.45, 7) is 0.243. The summed E-state index contributed by atoms with van der Waals surface area (Å²) in [6.07, 6.45) is 2.04. The summed E-state index contributed by atoms with van der Waals surface area (Å²) in [5.74, 6) is -1.22. The minimum Gasteiger partial charge on any atom is -0.479 e. The molecule has 0 aromatic heterocycles. The number of alkyl carbamates (subject to hydrolysis) is 1. The number of ether oxygens (including phenoxy) is 1. The molecule has 6 rings (SSSR count). The number of fused-ring (bicyclic) bond motifs is 4. The lowest BCUT2D eigenvalue weighted by Gasteiger charge is -2.20. The Hall–Kier alpha value is -3.39. The molecule has 0 spiro atoms. The quantitative estimate of drug-likeness (QED) is 0.502. The summed E-state index contributed by atoms with van der Waals surface area (Å²) in [5.41, 5.74) is 6.48. The van der Waals surface area contributed by atoms with Crippen LogP contribution >= 0.6 is 0 Å². The Kier molecular flexibility index (Phi) is 5.29. The Morgan fingerprint density at radius 3 is 2.29 bits per heavy atom. The van der Waals surface area contributed by atoms with Crippen molar-refractivity contribution in [1.82, 2.24) is 10.8 Å². The SMILES string of the molecule is O=C(NC1CC2CC2(C(=O)NOC(C(=O)O)C2CC2)C1)OCC1c2ccccc2-c2ccccc21. The van der Waals surface area contributed by atoms with Crippen molar-refractivity contribution in [2.75, 3.05) is 6.61 Å². The van der Waals surface area contributed by atoms with Crippen molar-refractivity contribution < 1.29 is 29.1 Å². The van der Waals surface area contributed by atoms with E-state index in [0.29, 0.717) is 12.8 Å². The van der Waals surface area contributed by atoms with Crippen LogP contribution in [0.4, 0.5) is 4.79 Å². The van der Waals surface area contributed by atoms with Gasteiger partial charge in [-0.3, -0.25) is 9.63 Å². The maximum absolute atomic E-state index is 12.8. The highest BCUT2D eigenvalue weighted by molar-refractivity contribution is 5.86. The highest BCUT2D eigenvalue weighted by atomic mass is 16.7. The van der Waals surface area contributed by atoms with Gasteiger partial charge in [0.2, 0.25) is 5.91 Å². The third-order valence-electron chi connectivity index (χ3n) is 8.10. The molecule has 2 aromatic carbocycles. The van der Waals surface area contributed by atoms with Gasteiger partial charge in [-0.2, -0.15) is 0 Å². The van der Waals surface area contributed by atoms with Crippen LogP contribution in [0.15, 0.2) is 48.5 Å². The summed E-state index contributed by atoms with van der Waals surface area (Å²) in [7, 11) is 0. The predicted octanol–water partition coefficient (Wildman–Crippen LogP) is 3.60. The third-order valence-corrected chi connectivity index (χ3v) is 8.10. The average molecular weight is 477 g/mol. The molecule has 3 fully saturated rings. The van der Waals surface area contributed by atoms with Crippen molar-refractivity contribution in [2.45, 2.75) is 50.2 Å². The first kappa shape index (κ1) is 22.1. The van der Waals surface area contributed by atoms with Crippen LogP contribution in [0.3, 0.4) is 0 Å². The zero-order valence-corrected chi connectivity index (χ0v) is 19.2. The van der Waals surface area contributed by atoms with Crippen molar-refractivity contribution in [2.24, 2.45) is 17.3 Å². The van der Waals surface area contributed by atoms with Crippen LogP contribution in [0.2, 0.25) is 0 Å². The molecular formula is C27H28N2O6. The van der Waals surface area contributed by atoms with Crippen molar-refractivity contribution in [1.29, 1.82) is 0 Å². The van der Waals surface area contributed by atoms with E-state index < -0.39 is 23.6 Å². The smallest absolute Gasteiger partial charge is 0.407 e. The van der Waals surface area contributed by atoms with Gasteiger partial charge in [0.15, 0.2) is 6.10 Å². The van der Waals surface area contributed by atoms with E-state index in [0.717, 1.165) is 30.4 Å². The van der Waals surface area contributed by atoms with Crippen molar-refractivity contribution in [3.8, 4) is 11.1 Å². The lowest BCUT2D eigenvalue weighted by Crippen LogP contribution is -2.41. The van der Waals surface area contributed by atoms with E-state index in [-0.39, 0.29) is 36.3 Å². The zero-order valence-electron chi connectivity index (χ0n) is 19.2.